The van der Waals surface area contributed by atoms with Crippen molar-refractivity contribution in [2.75, 3.05) is 19.7 Å². The Morgan fingerprint density at radius 1 is 1.38 bits per heavy atom. The molecule has 1 heterocycles. The Kier molecular flexibility index (Phi) is 6.67. The lowest BCUT2D eigenvalue weighted by molar-refractivity contribution is -0.152. The number of rotatable bonds is 6. The van der Waals surface area contributed by atoms with E-state index < -0.39 is 5.54 Å². The van der Waals surface area contributed by atoms with E-state index in [9.17, 15) is 4.79 Å². The molecular formula is C17H34N2O2. The highest BCUT2D eigenvalue weighted by molar-refractivity contribution is 5.80. The standard InChI is InChI=1S/C17H34N2O2/c1-8-21-16(20)17(7,18-12(2)3)11-19-10-13(4)9-14(5)15(19)6/h12-15,18H,8-11H2,1-7H3. The molecule has 0 amide bonds. The van der Waals surface area contributed by atoms with Crippen LogP contribution in [0, 0.1) is 11.8 Å². The molecule has 1 fully saturated rings. The van der Waals surface area contributed by atoms with E-state index >= 15 is 0 Å². The third-order valence-corrected chi connectivity index (χ3v) is 4.57. The number of hydrogen-bond acceptors (Lipinski definition) is 4. The first-order valence-electron chi connectivity index (χ1n) is 8.38. The molecular weight excluding hydrogens is 264 g/mol. The number of ether oxygens (including phenoxy) is 1. The van der Waals surface area contributed by atoms with Gasteiger partial charge < -0.3 is 4.74 Å². The minimum Gasteiger partial charge on any atom is -0.465 e. The number of nitrogens with zero attached hydrogens (tertiary/aromatic N) is 1. The molecule has 1 aliphatic rings. The van der Waals surface area contributed by atoms with Gasteiger partial charge in [0, 0.05) is 25.2 Å². The highest BCUT2D eigenvalue weighted by Crippen LogP contribution is 2.28. The molecule has 4 unspecified atom stereocenters. The molecule has 0 saturated carbocycles. The normalized spacial score (nSPS) is 30.2. The van der Waals surface area contributed by atoms with Crippen molar-refractivity contribution in [1.29, 1.82) is 0 Å². The Morgan fingerprint density at radius 2 is 2.00 bits per heavy atom. The summed E-state index contributed by atoms with van der Waals surface area (Å²) in [6, 6.07) is 0.748. The van der Waals surface area contributed by atoms with Crippen LogP contribution in [0.5, 0.6) is 0 Å². The van der Waals surface area contributed by atoms with Crippen LogP contribution < -0.4 is 5.32 Å². The smallest absolute Gasteiger partial charge is 0.327 e. The first-order chi connectivity index (χ1) is 9.69. The maximum Gasteiger partial charge on any atom is 0.327 e. The fraction of sp³-hybridized carbons (Fsp3) is 0.941. The summed E-state index contributed by atoms with van der Waals surface area (Å²) in [6.07, 6.45) is 1.27. The van der Waals surface area contributed by atoms with Crippen molar-refractivity contribution in [1.82, 2.24) is 10.2 Å². The molecule has 0 aromatic rings. The van der Waals surface area contributed by atoms with Gasteiger partial charge in [0.1, 0.15) is 5.54 Å². The zero-order chi connectivity index (χ0) is 16.2. The summed E-state index contributed by atoms with van der Waals surface area (Å²) >= 11 is 0. The maximum absolute atomic E-state index is 12.4. The number of hydrogen-bond donors (Lipinski definition) is 1. The zero-order valence-electron chi connectivity index (χ0n) is 14.9. The number of nitrogens with one attached hydrogen (secondary N) is 1. The zero-order valence-corrected chi connectivity index (χ0v) is 14.9. The van der Waals surface area contributed by atoms with Crippen LogP contribution in [0.1, 0.15) is 54.9 Å². The van der Waals surface area contributed by atoms with Gasteiger partial charge in [0.2, 0.25) is 0 Å². The lowest BCUT2D eigenvalue weighted by Crippen LogP contribution is -2.62. The van der Waals surface area contributed by atoms with Gasteiger partial charge in [-0.2, -0.15) is 0 Å². The summed E-state index contributed by atoms with van der Waals surface area (Å²) < 4.78 is 5.31. The fourth-order valence-corrected chi connectivity index (χ4v) is 3.54. The van der Waals surface area contributed by atoms with Crippen molar-refractivity contribution in [3.8, 4) is 0 Å². The molecule has 1 aliphatic heterocycles. The Bertz CT molecular complexity index is 346. The maximum atomic E-state index is 12.4. The van der Waals surface area contributed by atoms with Gasteiger partial charge in [-0.05, 0) is 52.9 Å². The molecule has 21 heavy (non-hydrogen) atoms. The van der Waals surface area contributed by atoms with Crippen molar-refractivity contribution in [3.05, 3.63) is 0 Å². The van der Waals surface area contributed by atoms with E-state index in [1.165, 1.54) is 6.42 Å². The van der Waals surface area contributed by atoms with Gasteiger partial charge in [0.15, 0.2) is 0 Å². The molecule has 0 aliphatic carbocycles. The van der Waals surface area contributed by atoms with Crippen molar-refractivity contribution in [2.24, 2.45) is 11.8 Å². The molecule has 1 rings (SSSR count). The largest absolute Gasteiger partial charge is 0.465 e. The predicted octanol–water partition coefficient (Wildman–Crippen LogP) is 2.67. The van der Waals surface area contributed by atoms with Crippen molar-refractivity contribution in [3.63, 3.8) is 0 Å². The molecule has 0 radical (unpaired) electrons. The van der Waals surface area contributed by atoms with Gasteiger partial charge in [-0.3, -0.25) is 15.0 Å². The van der Waals surface area contributed by atoms with Crippen LogP contribution in [-0.4, -0.2) is 48.2 Å². The number of piperidine rings is 1. The van der Waals surface area contributed by atoms with Crippen LogP contribution in [0.4, 0.5) is 0 Å². The number of carbonyl (C=O) groups excluding carboxylic acids is 1. The van der Waals surface area contributed by atoms with E-state index in [2.05, 4.69) is 44.8 Å². The minimum atomic E-state index is -0.644. The van der Waals surface area contributed by atoms with Gasteiger partial charge in [-0.25, -0.2) is 0 Å². The minimum absolute atomic E-state index is 0.142. The molecule has 0 aromatic heterocycles. The topological polar surface area (TPSA) is 41.6 Å². The van der Waals surface area contributed by atoms with Gasteiger partial charge >= 0.3 is 5.97 Å². The second kappa shape index (κ2) is 7.59. The van der Waals surface area contributed by atoms with Crippen molar-refractivity contribution < 1.29 is 9.53 Å². The fourth-order valence-electron chi connectivity index (χ4n) is 3.54. The van der Waals surface area contributed by atoms with E-state index in [4.69, 9.17) is 4.74 Å². The second-order valence-electron chi connectivity index (χ2n) is 7.34. The third-order valence-electron chi connectivity index (χ3n) is 4.57. The number of carbonyl (C=O) groups is 1. The van der Waals surface area contributed by atoms with Crippen LogP contribution in [0.2, 0.25) is 0 Å². The summed E-state index contributed by atoms with van der Waals surface area (Å²) in [6.45, 7) is 17.1. The van der Waals surface area contributed by atoms with E-state index in [0.717, 1.165) is 6.54 Å². The van der Waals surface area contributed by atoms with Crippen LogP contribution in [0.25, 0.3) is 0 Å². The molecule has 124 valence electrons. The molecule has 4 heteroatoms. The second-order valence-corrected chi connectivity index (χ2v) is 7.34. The lowest BCUT2D eigenvalue weighted by Gasteiger charge is -2.45. The summed E-state index contributed by atoms with van der Waals surface area (Å²) in [7, 11) is 0. The monoisotopic (exact) mass is 298 g/mol. The summed E-state index contributed by atoms with van der Waals surface area (Å²) in [5, 5.41) is 3.42. The van der Waals surface area contributed by atoms with Crippen LogP contribution in [0.15, 0.2) is 0 Å². The predicted molar refractivity (Wildman–Crippen MR) is 87.3 cm³/mol. The van der Waals surface area contributed by atoms with E-state index in [-0.39, 0.29) is 12.0 Å². The number of esters is 1. The first-order valence-corrected chi connectivity index (χ1v) is 8.38. The Hall–Kier alpha value is -0.610. The van der Waals surface area contributed by atoms with Gasteiger partial charge in [0.25, 0.3) is 0 Å². The molecule has 4 atom stereocenters. The summed E-state index contributed by atoms with van der Waals surface area (Å²) in [4.78, 5) is 14.9. The summed E-state index contributed by atoms with van der Waals surface area (Å²) in [5.74, 6) is 1.21. The molecule has 0 aromatic carbocycles. The highest BCUT2D eigenvalue weighted by atomic mass is 16.5. The molecule has 1 saturated heterocycles. The van der Waals surface area contributed by atoms with E-state index in [1.54, 1.807) is 0 Å². The molecule has 0 bridgehead atoms. The number of likely N-dealkylation sites (tertiary alicyclic amines) is 1. The van der Waals surface area contributed by atoms with E-state index in [1.807, 2.05) is 13.8 Å². The van der Waals surface area contributed by atoms with Gasteiger partial charge in [-0.15, -0.1) is 0 Å². The molecule has 0 spiro atoms. The van der Waals surface area contributed by atoms with Gasteiger partial charge in [-0.1, -0.05) is 13.8 Å². The Balaban J connectivity index is 2.86. The average molecular weight is 298 g/mol. The van der Waals surface area contributed by atoms with Crippen molar-refractivity contribution in [2.45, 2.75) is 72.5 Å². The first kappa shape index (κ1) is 18.4. The summed E-state index contributed by atoms with van der Waals surface area (Å²) in [5.41, 5.74) is -0.644. The van der Waals surface area contributed by atoms with Gasteiger partial charge in [0.05, 0.1) is 6.61 Å². The SMILES string of the molecule is CCOC(=O)C(C)(CN1CC(C)CC(C)C1C)NC(C)C. The average Bonchev–Trinajstić information content (AvgIpc) is 2.34. The third kappa shape index (κ3) is 4.96. The van der Waals surface area contributed by atoms with Crippen LogP contribution >= 0.6 is 0 Å². The Labute approximate surface area is 130 Å². The van der Waals surface area contributed by atoms with Crippen LogP contribution in [0.3, 0.4) is 0 Å². The molecule has 1 N–H and O–H groups in total. The highest BCUT2D eigenvalue weighted by Gasteiger charge is 2.40. The molecule has 4 nitrogen and oxygen atoms in total. The lowest BCUT2D eigenvalue weighted by atomic mass is 9.84. The van der Waals surface area contributed by atoms with Crippen LogP contribution in [-0.2, 0) is 9.53 Å². The van der Waals surface area contributed by atoms with E-state index in [0.29, 0.717) is 31.0 Å². The van der Waals surface area contributed by atoms with Crippen molar-refractivity contribution >= 4 is 5.97 Å². The Morgan fingerprint density at radius 3 is 2.52 bits per heavy atom. The quantitative estimate of drug-likeness (QED) is 0.766.